The number of piperidine rings is 1. The van der Waals surface area contributed by atoms with Crippen molar-refractivity contribution < 1.29 is 19.1 Å². The average molecular weight is 416 g/mol. The molecule has 7 nitrogen and oxygen atoms in total. The molecular weight excluding hydrogens is 382 g/mol. The van der Waals surface area contributed by atoms with Crippen molar-refractivity contribution >= 4 is 11.8 Å². The van der Waals surface area contributed by atoms with Gasteiger partial charge in [-0.3, -0.25) is 9.59 Å². The summed E-state index contributed by atoms with van der Waals surface area (Å²) < 4.78 is 11.7. The fraction of sp³-hybridized carbons (Fsp3) is 0.652. The number of hydrogen-bond acceptors (Lipinski definition) is 5. The number of benzene rings is 1. The normalized spacial score (nSPS) is 21.9. The Morgan fingerprint density at radius 3 is 2.57 bits per heavy atom. The Morgan fingerprint density at radius 1 is 1.07 bits per heavy atom. The average Bonchev–Trinajstić information content (AvgIpc) is 3.22. The quantitative estimate of drug-likeness (QED) is 0.800. The number of nitrogens with zero attached hydrogens (tertiary/aromatic N) is 2. The molecule has 0 unspecified atom stereocenters. The van der Waals surface area contributed by atoms with Crippen molar-refractivity contribution in [1.29, 1.82) is 0 Å². The van der Waals surface area contributed by atoms with Crippen LogP contribution in [0.3, 0.4) is 0 Å². The molecule has 2 aliphatic heterocycles. The first-order valence-corrected chi connectivity index (χ1v) is 11.3. The summed E-state index contributed by atoms with van der Waals surface area (Å²) in [6.07, 6.45) is 7.79. The maximum Gasteiger partial charge on any atom is 0.257 e. The van der Waals surface area contributed by atoms with Crippen LogP contribution < -0.4 is 14.8 Å². The van der Waals surface area contributed by atoms with Gasteiger partial charge in [-0.1, -0.05) is 12.8 Å². The van der Waals surface area contributed by atoms with Gasteiger partial charge in [0.25, 0.3) is 5.91 Å². The Balaban J connectivity index is 1.44. The lowest BCUT2D eigenvalue weighted by molar-refractivity contribution is -0.120. The van der Waals surface area contributed by atoms with Gasteiger partial charge < -0.3 is 24.6 Å². The van der Waals surface area contributed by atoms with E-state index in [-0.39, 0.29) is 17.9 Å². The zero-order valence-corrected chi connectivity index (χ0v) is 17.9. The first-order chi connectivity index (χ1) is 14.6. The first kappa shape index (κ1) is 21.0. The van der Waals surface area contributed by atoms with E-state index in [0.29, 0.717) is 43.1 Å². The number of amides is 2. The molecular formula is C23H33N3O4. The summed E-state index contributed by atoms with van der Waals surface area (Å²) in [6, 6.07) is 6.19. The molecule has 0 aromatic heterocycles. The molecule has 164 valence electrons. The van der Waals surface area contributed by atoms with Gasteiger partial charge in [0.1, 0.15) is 17.6 Å². The fourth-order valence-corrected chi connectivity index (χ4v) is 4.85. The van der Waals surface area contributed by atoms with E-state index in [1.54, 1.807) is 18.1 Å². The molecule has 30 heavy (non-hydrogen) atoms. The predicted molar refractivity (Wildman–Crippen MR) is 114 cm³/mol. The van der Waals surface area contributed by atoms with Crippen molar-refractivity contribution in [3.8, 4) is 11.5 Å². The molecule has 2 saturated heterocycles. The van der Waals surface area contributed by atoms with E-state index in [1.165, 1.54) is 25.7 Å². The molecule has 1 saturated carbocycles. The van der Waals surface area contributed by atoms with Crippen LogP contribution in [0.25, 0.3) is 0 Å². The van der Waals surface area contributed by atoms with Gasteiger partial charge >= 0.3 is 0 Å². The van der Waals surface area contributed by atoms with Crippen LogP contribution in [0.15, 0.2) is 18.2 Å². The summed E-state index contributed by atoms with van der Waals surface area (Å²) in [5, 5.41) is 2.82. The molecule has 0 bridgehead atoms. The standard InChI is InChI=1S/C23H33N3O4/c1-29-19-6-7-21(20(16-19)23(28)26-14-10-22(27)24-11-15-26)30-18-8-12-25(13-9-18)17-4-2-3-5-17/h6-7,16-18H,2-5,8-15H2,1H3,(H,24,27). The van der Waals surface area contributed by atoms with Crippen molar-refractivity contribution in [3.63, 3.8) is 0 Å². The topological polar surface area (TPSA) is 71.1 Å². The molecule has 1 aliphatic carbocycles. The highest BCUT2D eigenvalue weighted by atomic mass is 16.5. The zero-order chi connectivity index (χ0) is 20.9. The number of carbonyl (C=O) groups is 2. The summed E-state index contributed by atoms with van der Waals surface area (Å²) >= 11 is 0. The summed E-state index contributed by atoms with van der Waals surface area (Å²) in [5.74, 6) is 1.12. The molecule has 2 amide bonds. The third kappa shape index (κ3) is 4.89. The Hall–Kier alpha value is -2.28. The highest BCUT2D eigenvalue weighted by Gasteiger charge is 2.29. The summed E-state index contributed by atoms with van der Waals surface area (Å²) in [6.45, 7) is 3.52. The van der Waals surface area contributed by atoms with E-state index in [0.717, 1.165) is 32.0 Å². The molecule has 3 aliphatic rings. The number of hydrogen-bond donors (Lipinski definition) is 1. The van der Waals surface area contributed by atoms with Crippen LogP contribution >= 0.6 is 0 Å². The molecule has 2 heterocycles. The minimum Gasteiger partial charge on any atom is -0.497 e. The smallest absolute Gasteiger partial charge is 0.257 e. The third-order valence-corrected chi connectivity index (χ3v) is 6.63. The summed E-state index contributed by atoms with van der Waals surface area (Å²) in [4.78, 5) is 29.2. The summed E-state index contributed by atoms with van der Waals surface area (Å²) in [7, 11) is 1.59. The van der Waals surface area contributed by atoms with Gasteiger partial charge in [-0.15, -0.1) is 0 Å². The SMILES string of the molecule is COc1ccc(OC2CCN(C3CCCC3)CC2)c(C(=O)N2CCNC(=O)CC2)c1. The van der Waals surface area contributed by atoms with Crippen LogP contribution in [0.5, 0.6) is 11.5 Å². The Labute approximate surface area is 178 Å². The highest BCUT2D eigenvalue weighted by Crippen LogP contribution is 2.30. The second kappa shape index (κ2) is 9.69. The largest absolute Gasteiger partial charge is 0.497 e. The molecule has 0 atom stereocenters. The molecule has 0 spiro atoms. The van der Waals surface area contributed by atoms with Crippen molar-refractivity contribution in [2.45, 2.75) is 57.1 Å². The highest BCUT2D eigenvalue weighted by molar-refractivity contribution is 5.97. The number of methoxy groups -OCH3 is 1. The lowest BCUT2D eigenvalue weighted by Gasteiger charge is -2.36. The van der Waals surface area contributed by atoms with Gasteiger partial charge in [-0.2, -0.15) is 0 Å². The molecule has 0 radical (unpaired) electrons. The van der Waals surface area contributed by atoms with Gasteiger partial charge in [0.2, 0.25) is 5.91 Å². The minimum absolute atomic E-state index is 0.0126. The fourth-order valence-electron chi connectivity index (χ4n) is 4.85. The van der Waals surface area contributed by atoms with Gasteiger partial charge in [0.05, 0.1) is 12.7 Å². The van der Waals surface area contributed by atoms with E-state index in [1.807, 2.05) is 12.1 Å². The van der Waals surface area contributed by atoms with Gasteiger partial charge in [0.15, 0.2) is 0 Å². The van der Waals surface area contributed by atoms with Crippen LogP contribution in [-0.4, -0.2) is 73.6 Å². The monoisotopic (exact) mass is 415 g/mol. The second-order valence-corrected chi connectivity index (χ2v) is 8.55. The van der Waals surface area contributed by atoms with Crippen LogP contribution in [-0.2, 0) is 4.79 Å². The van der Waals surface area contributed by atoms with E-state index >= 15 is 0 Å². The lowest BCUT2D eigenvalue weighted by atomic mass is 10.0. The second-order valence-electron chi connectivity index (χ2n) is 8.55. The van der Waals surface area contributed by atoms with Gasteiger partial charge in [-0.05, 0) is 43.9 Å². The number of nitrogens with one attached hydrogen (secondary N) is 1. The van der Waals surface area contributed by atoms with Gasteiger partial charge in [-0.25, -0.2) is 0 Å². The van der Waals surface area contributed by atoms with E-state index in [2.05, 4.69) is 10.2 Å². The van der Waals surface area contributed by atoms with E-state index < -0.39 is 0 Å². The lowest BCUT2D eigenvalue weighted by Crippen LogP contribution is -2.43. The van der Waals surface area contributed by atoms with Crippen LogP contribution in [0, 0.1) is 0 Å². The van der Waals surface area contributed by atoms with Crippen molar-refractivity contribution in [1.82, 2.24) is 15.1 Å². The van der Waals surface area contributed by atoms with E-state index in [9.17, 15) is 9.59 Å². The molecule has 1 N–H and O–H groups in total. The maximum atomic E-state index is 13.3. The molecule has 3 fully saturated rings. The molecule has 1 aromatic rings. The Kier molecular flexibility index (Phi) is 6.77. The first-order valence-electron chi connectivity index (χ1n) is 11.3. The van der Waals surface area contributed by atoms with Gasteiger partial charge in [0, 0.05) is 45.2 Å². The van der Waals surface area contributed by atoms with Crippen molar-refractivity contribution in [3.05, 3.63) is 23.8 Å². The van der Waals surface area contributed by atoms with Crippen molar-refractivity contribution in [2.24, 2.45) is 0 Å². The third-order valence-electron chi connectivity index (χ3n) is 6.63. The van der Waals surface area contributed by atoms with Crippen LogP contribution in [0.4, 0.5) is 0 Å². The van der Waals surface area contributed by atoms with Crippen LogP contribution in [0.1, 0.15) is 55.3 Å². The summed E-state index contributed by atoms with van der Waals surface area (Å²) in [5.41, 5.74) is 0.516. The van der Waals surface area contributed by atoms with Crippen molar-refractivity contribution in [2.75, 3.05) is 39.8 Å². The number of ether oxygens (including phenoxy) is 2. The Morgan fingerprint density at radius 2 is 1.83 bits per heavy atom. The molecule has 7 heteroatoms. The number of carbonyl (C=O) groups excluding carboxylic acids is 2. The molecule has 4 rings (SSSR count). The molecule has 1 aromatic carbocycles. The number of rotatable bonds is 5. The minimum atomic E-state index is -0.108. The number of likely N-dealkylation sites (tertiary alicyclic amines) is 1. The zero-order valence-electron chi connectivity index (χ0n) is 17.9. The van der Waals surface area contributed by atoms with E-state index in [4.69, 9.17) is 9.47 Å². The maximum absolute atomic E-state index is 13.3. The van der Waals surface area contributed by atoms with Crippen LogP contribution in [0.2, 0.25) is 0 Å². The Bertz CT molecular complexity index is 755. The predicted octanol–water partition coefficient (Wildman–Crippen LogP) is 2.44.